The molecule has 0 atom stereocenters. The summed E-state index contributed by atoms with van der Waals surface area (Å²) < 4.78 is 5.66. The fourth-order valence-corrected chi connectivity index (χ4v) is 3.70. The number of thiocarbonyl (C=S) groups is 1. The van der Waals surface area contributed by atoms with Crippen LogP contribution in [0.2, 0.25) is 0 Å². The molecular weight excluding hydrogens is 292 g/mol. The summed E-state index contributed by atoms with van der Waals surface area (Å²) in [6.07, 6.45) is 6.22. The molecule has 22 heavy (non-hydrogen) atoms. The Morgan fingerprint density at radius 1 is 1.14 bits per heavy atom. The van der Waals surface area contributed by atoms with Crippen molar-refractivity contribution in [2.24, 2.45) is 0 Å². The SMILES string of the molecule is Cc1cc(C)cc(NC(=S)NC2(c3ccco3)CCCC2)c1. The Morgan fingerprint density at radius 3 is 2.41 bits per heavy atom. The number of furan rings is 1. The van der Waals surface area contributed by atoms with Gasteiger partial charge in [-0.05, 0) is 74.3 Å². The first-order valence-corrected chi connectivity index (χ1v) is 8.20. The van der Waals surface area contributed by atoms with Crippen LogP contribution >= 0.6 is 12.2 Å². The number of nitrogens with one attached hydrogen (secondary N) is 2. The lowest BCUT2D eigenvalue weighted by Gasteiger charge is -2.29. The van der Waals surface area contributed by atoms with Gasteiger partial charge < -0.3 is 15.1 Å². The van der Waals surface area contributed by atoms with Crippen molar-refractivity contribution in [3.8, 4) is 0 Å². The van der Waals surface area contributed by atoms with E-state index in [1.807, 2.05) is 12.1 Å². The molecule has 1 aromatic carbocycles. The van der Waals surface area contributed by atoms with Crippen LogP contribution in [-0.2, 0) is 5.54 Å². The molecule has 2 aromatic rings. The Bertz CT molecular complexity index is 637. The van der Waals surface area contributed by atoms with Gasteiger partial charge in [0.25, 0.3) is 0 Å². The van der Waals surface area contributed by atoms with Crippen LogP contribution in [0.15, 0.2) is 41.0 Å². The molecule has 3 nitrogen and oxygen atoms in total. The molecule has 1 heterocycles. The van der Waals surface area contributed by atoms with Crippen molar-refractivity contribution in [3.63, 3.8) is 0 Å². The third-order valence-electron chi connectivity index (χ3n) is 4.28. The summed E-state index contributed by atoms with van der Waals surface area (Å²) in [6, 6.07) is 10.3. The fourth-order valence-electron chi connectivity index (χ4n) is 3.39. The zero-order valence-corrected chi connectivity index (χ0v) is 13.9. The van der Waals surface area contributed by atoms with Crippen molar-refractivity contribution in [2.75, 3.05) is 5.32 Å². The number of benzene rings is 1. The van der Waals surface area contributed by atoms with Crippen LogP contribution in [0, 0.1) is 13.8 Å². The number of hydrogen-bond donors (Lipinski definition) is 2. The molecule has 0 aliphatic heterocycles. The average molecular weight is 314 g/mol. The Labute approximate surface area is 137 Å². The molecule has 2 N–H and O–H groups in total. The standard InChI is InChI=1S/C18H22N2OS/c1-13-10-14(2)12-15(11-13)19-17(22)20-18(7-3-4-8-18)16-6-5-9-21-16/h5-6,9-12H,3-4,7-8H2,1-2H3,(H2,19,20,22). The van der Waals surface area contributed by atoms with E-state index in [-0.39, 0.29) is 5.54 Å². The highest BCUT2D eigenvalue weighted by Gasteiger charge is 2.38. The monoisotopic (exact) mass is 314 g/mol. The predicted molar refractivity (Wildman–Crippen MR) is 94.1 cm³/mol. The van der Waals surface area contributed by atoms with Crippen molar-refractivity contribution in [1.29, 1.82) is 0 Å². The molecule has 0 unspecified atom stereocenters. The van der Waals surface area contributed by atoms with Gasteiger partial charge in [-0.3, -0.25) is 0 Å². The van der Waals surface area contributed by atoms with Gasteiger partial charge in [0, 0.05) is 5.69 Å². The molecule has 0 saturated heterocycles. The fraction of sp³-hybridized carbons (Fsp3) is 0.389. The molecule has 0 bridgehead atoms. The van der Waals surface area contributed by atoms with E-state index in [1.54, 1.807) is 6.26 Å². The Hall–Kier alpha value is -1.81. The van der Waals surface area contributed by atoms with E-state index in [9.17, 15) is 0 Å². The maximum absolute atomic E-state index is 5.66. The van der Waals surface area contributed by atoms with Gasteiger partial charge in [-0.1, -0.05) is 18.9 Å². The molecule has 1 aromatic heterocycles. The molecule has 1 aliphatic rings. The Balaban J connectivity index is 1.75. The highest BCUT2D eigenvalue weighted by molar-refractivity contribution is 7.80. The summed E-state index contributed by atoms with van der Waals surface area (Å²) >= 11 is 5.54. The third-order valence-corrected chi connectivity index (χ3v) is 4.49. The number of aryl methyl sites for hydroxylation is 2. The minimum Gasteiger partial charge on any atom is -0.467 e. The highest BCUT2D eigenvalue weighted by atomic mass is 32.1. The molecule has 3 rings (SSSR count). The van der Waals surface area contributed by atoms with Gasteiger partial charge in [0.05, 0.1) is 11.8 Å². The second-order valence-corrected chi connectivity index (χ2v) is 6.63. The average Bonchev–Trinajstić information content (AvgIpc) is 3.07. The summed E-state index contributed by atoms with van der Waals surface area (Å²) in [5.74, 6) is 0.981. The highest BCUT2D eigenvalue weighted by Crippen LogP contribution is 2.39. The minimum atomic E-state index is -0.160. The van der Waals surface area contributed by atoms with Gasteiger partial charge in [-0.25, -0.2) is 0 Å². The van der Waals surface area contributed by atoms with Crippen LogP contribution in [0.25, 0.3) is 0 Å². The second-order valence-electron chi connectivity index (χ2n) is 6.22. The second kappa shape index (κ2) is 6.13. The molecule has 0 amide bonds. The first-order valence-electron chi connectivity index (χ1n) is 7.79. The van der Waals surface area contributed by atoms with Gasteiger partial charge in [0.2, 0.25) is 0 Å². The zero-order chi connectivity index (χ0) is 15.6. The smallest absolute Gasteiger partial charge is 0.171 e. The topological polar surface area (TPSA) is 37.2 Å². The summed E-state index contributed by atoms with van der Waals surface area (Å²) in [5, 5.41) is 7.48. The molecule has 1 saturated carbocycles. The van der Waals surface area contributed by atoms with Crippen molar-refractivity contribution in [3.05, 3.63) is 53.5 Å². The molecule has 4 heteroatoms. The maximum atomic E-state index is 5.66. The summed E-state index contributed by atoms with van der Waals surface area (Å²) in [7, 11) is 0. The van der Waals surface area contributed by atoms with Crippen molar-refractivity contribution >= 4 is 23.0 Å². The van der Waals surface area contributed by atoms with Gasteiger partial charge in [0.1, 0.15) is 5.76 Å². The summed E-state index contributed by atoms with van der Waals surface area (Å²) in [6.45, 7) is 4.19. The van der Waals surface area contributed by atoms with Crippen LogP contribution < -0.4 is 10.6 Å². The molecule has 0 radical (unpaired) electrons. The van der Waals surface area contributed by atoms with Crippen molar-refractivity contribution in [2.45, 2.75) is 45.1 Å². The maximum Gasteiger partial charge on any atom is 0.171 e. The van der Waals surface area contributed by atoms with Gasteiger partial charge in [0.15, 0.2) is 5.11 Å². The number of anilines is 1. The molecule has 1 aliphatic carbocycles. The number of rotatable bonds is 3. The molecular formula is C18H22N2OS. The lowest BCUT2D eigenvalue weighted by atomic mass is 9.94. The first kappa shape index (κ1) is 15.1. The predicted octanol–water partition coefficient (Wildman–Crippen LogP) is 4.65. The lowest BCUT2D eigenvalue weighted by molar-refractivity contribution is 0.317. The van der Waals surface area contributed by atoms with E-state index in [0.29, 0.717) is 5.11 Å². The van der Waals surface area contributed by atoms with E-state index in [0.717, 1.165) is 24.3 Å². The van der Waals surface area contributed by atoms with Crippen molar-refractivity contribution in [1.82, 2.24) is 5.32 Å². The van der Waals surface area contributed by atoms with E-state index >= 15 is 0 Å². The van der Waals surface area contributed by atoms with E-state index < -0.39 is 0 Å². The Morgan fingerprint density at radius 2 is 1.82 bits per heavy atom. The van der Waals surface area contributed by atoms with Gasteiger partial charge in [-0.15, -0.1) is 0 Å². The molecule has 1 fully saturated rings. The van der Waals surface area contributed by atoms with Gasteiger partial charge in [-0.2, -0.15) is 0 Å². The summed E-state index contributed by atoms with van der Waals surface area (Å²) in [4.78, 5) is 0. The first-order chi connectivity index (χ1) is 10.6. The quantitative estimate of drug-likeness (QED) is 0.809. The number of hydrogen-bond acceptors (Lipinski definition) is 2. The normalized spacial score (nSPS) is 16.5. The van der Waals surface area contributed by atoms with E-state index in [1.165, 1.54) is 24.0 Å². The van der Waals surface area contributed by atoms with Crippen LogP contribution in [0.3, 0.4) is 0 Å². The van der Waals surface area contributed by atoms with Crippen LogP contribution in [-0.4, -0.2) is 5.11 Å². The lowest BCUT2D eigenvalue weighted by Crippen LogP contribution is -2.45. The van der Waals surface area contributed by atoms with E-state index in [4.69, 9.17) is 16.6 Å². The molecule has 116 valence electrons. The largest absolute Gasteiger partial charge is 0.467 e. The third kappa shape index (κ3) is 3.17. The van der Waals surface area contributed by atoms with Crippen LogP contribution in [0.5, 0.6) is 0 Å². The van der Waals surface area contributed by atoms with Crippen LogP contribution in [0.1, 0.15) is 42.6 Å². The Kier molecular flexibility index (Phi) is 4.21. The zero-order valence-electron chi connectivity index (χ0n) is 13.1. The minimum absolute atomic E-state index is 0.160. The van der Waals surface area contributed by atoms with Gasteiger partial charge >= 0.3 is 0 Å². The molecule has 0 spiro atoms. The summed E-state index contributed by atoms with van der Waals surface area (Å²) in [5.41, 5.74) is 3.33. The van der Waals surface area contributed by atoms with E-state index in [2.05, 4.69) is 42.7 Å². The van der Waals surface area contributed by atoms with Crippen LogP contribution in [0.4, 0.5) is 5.69 Å². The van der Waals surface area contributed by atoms with Crippen molar-refractivity contribution < 1.29 is 4.42 Å².